The Morgan fingerprint density at radius 1 is 1.53 bits per heavy atom. The lowest BCUT2D eigenvalue weighted by Crippen LogP contribution is -2.34. The third-order valence-corrected chi connectivity index (χ3v) is 3.24. The summed E-state index contributed by atoms with van der Waals surface area (Å²) in [6.07, 6.45) is 2.01. The van der Waals surface area contributed by atoms with Crippen LogP contribution in [0.25, 0.3) is 0 Å². The Hall–Kier alpha value is -1.09. The van der Waals surface area contributed by atoms with Crippen molar-refractivity contribution in [1.82, 2.24) is 4.90 Å². The minimum absolute atomic E-state index is 0.0586. The number of rotatable bonds is 4. The van der Waals surface area contributed by atoms with Gasteiger partial charge in [-0.1, -0.05) is 13.8 Å². The molecule has 17 heavy (non-hydrogen) atoms. The number of Topliss-reactive ketones (excluding diaryl/α,β-unsaturated/α-hetero) is 1. The van der Waals surface area contributed by atoms with Crippen LogP contribution in [0.5, 0.6) is 0 Å². The maximum absolute atomic E-state index is 11.7. The summed E-state index contributed by atoms with van der Waals surface area (Å²) >= 11 is 0. The van der Waals surface area contributed by atoms with Crippen molar-refractivity contribution < 1.29 is 9.53 Å². The van der Waals surface area contributed by atoms with Crippen LogP contribution in [0.4, 0.5) is 0 Å². The minimum atomic E-state index is -0.0586. The van der Waals surface area contributed by atoms with Crippen LogP contribution in [0.2, 0.25) is 0 Å². The highest BCUT2D eigenvalue weighted by Crippen LogP contribution is 2.31. The van der Waals surface area contributed by atoms with E-state index in [1.165, 1.54) is 5.57 Å². The molecule has 1 aliphatic rings. The van der Waals surface area contributed by atoms with E-state index in [1.807, 2.05) is 11.8 Å². The number of ketones is 1. The van der Waals surface area contributed by atoms with Crippen LogP contribution in [0.15, 0.2) is 23.0 Å². The Balaban J connectivity index is 3.25. The molecule has 0 amide bonds. The number of allylic oxidation sites excluding steroid dienone is 1. The fourth-order valence-corrected chi connectivity index (χ4v) is 2.41. The smallest absolute Gasteiger partial charge is 0.176 e. The maximum atomic E-state index is 11.7. The lowest BCUT2D eigenvalue weighted by molar-refractivity contribution is -0.115. The molecule has 1 aliphatic heterocycles. The third kappa shape index (κ3) is 2.60. The molecule has 0 N–H and O–H groups in total. The SMILES string of the molecule is CCN1C=C(C(C)C)C(OC)C(C)=C1C(C)=O. The van der Waals surface area contributed by atoms with Gasteiger partial charge in [-0.25, -0.2) is 0 Å². The molecule has 0 saturated carbocycles. The van der Waals surface area contributed by atoms with E-state index in [4.69, 9.17) is 4.74 Å². The lowest BCUT2D eigenvalue weighted by Gasteiger charge is -2.35. The molecular formula is C14H23NO2. The van der Waals surface area contributed by atoms with Gasteiger partial charge in [-0.2, -0.15) is 0 Å². The van der Waals surface area contributed by atoms with Crippen LogP contribution in [-0.4, -0.2) is 30.4 Å². The zero-order chi connectivity index (χ0) is 13.2. The van der Waals surface area contributed by atoms with Gasteiger partial charge in [-0.05, 0) is 30.9 Å². The average Bonchev–Trinajstić information content (AvgIpc) is 2.26. The van der Waals surface area contributed by atoms with Crippen molar-refractivity contribution in [1.29, 1.82) is 0 Å². The number of hydrogen-bond donors (Lipinski definition) is 0. The Labute approximate surface area is 104 Å². The molecule has 1 unspecified atom stereocenters. The van der Waals surface area contributed by atoms with Crippen LogP contribution < -0.4 is 0 Å². The van der Waals surface area contributed by atoms with Gasteiger partial charge >= 0.3 is 0 Å². The highest BCUT2D eigenvalue weighted by Gasteiger charge is 2.29. The summed E-state index contributed by atoms with van der Waals surface area (Å²) in [7, 11) is 1.70. The molecule has 0 aromatic heterocycles. The molecule has 3 heteroatoms. The van der Waals surface area contributed by atoms with Crippen LogP contribution >= 0.6 is 0 Å². The summed E-state index contributed by atoms with van der Waals surface area (Å²) in [5.41, 5.74) is 3.04. The van der Waals surface area contributed by atoms with Gasteiger partial charge in [0.2, 0.25) is 0 Å². The predicted molar refractivity (Wildman–Crippen MR) is 69.5 cm³/mol. The topological polar surface area (TPSA) is 29.5 Å². The molecule has 0 spiro atoms. The van der Waals surface area contributed by atoms with E-state index >= 15 is 0 Å². The second-order valence-corrected chi connectivity index (χ2v) is 4.77. The first-order valence-electron chi connectivity index (χ1n) is 6.16. The maximum Gasteiger partial charge on any atom is 0.176 e. The summed E-state index contributed by atoms with van der Waals surface area (Å²) in [5.74, 6) is 0.517. The zero-order valence-corrected chi connectivity index (χ0v) is 11.7. The summed E-state index contributed by atoms with van der Waals surface area (Å²) in [5, 5.41) is 0. The summed E-state index contributed by atoms with van der Waals surface area (Å²) < 4.78 is 5.55. The number of ether oxygens (including phenoxy) is 1. The van der Waals surface area contributed by atoms with Crippen molar-refractivity contribution in [3.05, 3.63) is 23.0 Å². The second-order valence-electron chi connectivity index (χ2n) is 4.77. The van der Waals surface area contributed by atoms with Gasteiger partial charge in [0.05, 0.1) is 5.70 Å². The molecule has 0 aromatic carbocycles. The molecule has 1 atom stereocenters. The summed E-state index contributed by atoms with van der Waals surface area (Å²) in [4.78, 5) is 13.8. The number of carbonyl (C=O) groups is 1. The van der Waals surface area contributed by atoms with E-state index in [1.54, 1.807) is 14.0 Å². The molecule has 0 fully saturated rings. The second kappa shape index (κ2) is 5.50. The Morgan fingerprint density at radius 2 is 2.12 bits per heavy atom. The van der Waals surface area contributed by atoms with Crippen molar-refractivity contribution in [2.45, 2.75) is 40.7 Å². The normalized spacial score (nSPS) is 21.0. The number of likely N-dealkylation sites (N-methyl/N-ethyl adjacent to an activating group) is 1. The van der Waals surface area contributed by atoms with E-state index in [-0.39, 0.29) is 11.9 Å². The quantitative estimate of drug-likeness (QED) is 0.753. The fourth-order valence-electron chi connectivity index (χ4n) is 2.41. The molecule has 0 bridgehead atoms. The highest BCUT2D eigenvalue weighted by atomic mass is 16.5. The Bertz CT molecular complexity index is 366. The van der Waals surface area contributed by atoms with Gasteiger partial charge in [0.25, 0.3) is 0 Å². The van der Waals surface area contributed by atoms with Gasteiger partial charge in [0.15, 0.2) is 5.78 Å². The number of methoxy groups -OCH3 is 1. The van der Waals surface area contributed by atoms with Crippen molar-refractivity contribution in [3.8, 4) is 0 Å². The molecule has 1 rings (SSSR count). The van der Waals surface area contributed by atoms with E-state index in [9.17, 15) is 4.79 Å². The summed E-state index contributed by atoms with van der Waals surface area (Å²) in [6.45, 7) is 10.8. The van der Waals surface area contributed by atoms with Crippen molar-refractivity contribution in [2.75, 3.05) is 13.7 Å². The van der Waals surface area contributed by atoms with Crippen molar-refractivity contribution in [2.24, 2.45) is 5.92 Å². The molecule has 0 aromatic rings. The first kappa shape index (κ1) is 14.0. The largest absolute Gasteiger partial charge is 0.373 e. The van der Waals surface area contributed by atoms with Crippen LogP contribution in [-0.2, 0) is 9.53 Å². The third-order valence-electron chi connectivity index (χ3n) is 3.24. The van der Waals surface area contributed by atoms with Crippen molar-refractivity contribution in [3.63, 3.8) is 0 Å². The molecule has 0 saturated heterocycles. The standard InChI is InChI=1S/C14H23NO2/c1-7-15-8-12(9(2)3)14(17-6)10(4)13(15)11(5)16/h8-9,14H,7H2,1-6H3. The van der Waals surface area contributed by atoms with E-state index in [2.05, 4.69) is 27.0 Å². The Kier molecular flexibility index (Phi) is 4.52. The molecule has 0 radical (unpaired) electrons. The van der Waals surface area contributed by atoms with Gasteiger partial charge in [0, 0.05) is 26.8 Å². The van der Waals surface area contributed by atoms with Gasteiger partial charge in [-0.15, -0.1) is 0 Å². The van der Waals surface area contributed by atoms with Gasteiger partial charge in [-0.3, -0.25) is 4.79 Å². The predicted octanol–water partition coefficient (Wildman–Crippen LogP) is 2.74. The first-order valence-corrected chi connectivity index (χ1v) is 6.16. The van der Waals surface area contributed by atoms with Gasteiger partial charge < -0.3 is 9.64 Å². The zero-order valence-electron chi connectivity index (χ0n) is 11.7. The van der Waals surface area contributed by atoms with Gasteiger partial charge in [0.1, 0.15) is 6.10 Å². The number of carbonyl (C=O) groups excluding carboxylic acids is 1. The molecule has 3 nitrogen and oxygen atoms in total. The fraction of sp³-hybridized carbons (Fsp3) is 0.643. The molecule has 1 heterocycles. The molecule has 0 aliphatic carbocycles. The van der Waals surface area contributed by atoms with Crippen molar-refractivity contribution >= 4 is 5.78 Å². The first-order chi connectivity index (χ1) is 7.93. The lowest BCUT2D eigenvalue weighted by atomic mass is 9.89. The molecule has 96 valence electrons. The van der Waals surface area contributed by atoms with Crippen LogP contribution in [0, 0.1) is 5.92 Å². The summed E-state index contributed by atoms with van der Waals surface area (Å²) in [6, 6.07) is 0. The highest BCUT2D eigenvalue weighted by molar-refractivity contribution is 5.94. The number of nitrogens with zero attached hydrogens (tertiary/aromatic N) is 1. The van der Waals surface area contributed by atoms with Crippen LogP contribution in [0.1, 0.15) is 34.6 Å². The molecular weight excluding hydrogens is 214 g/mol. The van der Waals surface area contributed by atoms with E-state index in [0.29, 0.717) is 5.92 Å². The van der Waals surface area contributed by atoms with Crippen LogP contribution in [0.3, 0.4) is 0 Å². The minimum Gasteiger partial charge on any atom is -0.373 e. The van der Waals surface area contributed by atoms with E-state index < -0.39 is 0 Å². The average molecular weight is 237 g/mol. The Morgan fingerprint density at radius 3 is 2.47 bits per heavy atom. The monoisotopic (exact) mass is 237 g/mol. The van der Waals surface area contributed by atoms with E-state index in [0.717, 1.165) is 17.8 Å². The number of hydrogen-bond acceptors (Lipinski definition) is 3.